The Kier molecular flexibility index (Phi) is 7.58. The van der Waals surface area contributed by atoms with Crippen molar-refractivity contribution in [2.45, 2.75) is 26.8 Å². The van der Waals surface area contributed by atoms with Gasteiger partial charge in [0.15, 0.2) is 16.3 Å². The van der Waals surface area contributed by atoms with Gasteiger partial charge in [-0.05, 0) is 43.7 Å². The molecule has 0 N–H and O–H groups in total. The first kappa shape index (κ1) is 25.9. The Bertz CT molecular complexity index is 1580. The second-order valence-corrected chi connectivity index (χ2v) is 9.06. The number of aromatic nitrogens is 1. The third kappa shape index (κ3) is 5.05. The number of para-hydroxylation sites is 1. The van der Waals surface area contributed by atoms with E-state index in [1.807, 2.05) is 18.2 Å². The lowest BCUT2D eigenvalue weighted by molar-refractivity contribution is -0.139. The fourth-order valence-corrected chi connectivity index (χ4v) is 5.19. The SMILES string of the molecule is CCOC(=O)C1=C(C)N=c2s/c(=C\c3ccc(OC(C)=O)c(OC)c3)c(=O)n2[C@@H]1c1ccccc1OC. The number of nitrogens with zero attached hydrogens (tertiary/aromatic N) is 2. The molecule has 0 aliphatic carbocycles. The fraction of sp³-hybridized carbons (Fsp3) is 0.259. The number of hydrogen-bond donors (Lipinski definition) is 0. The number of carbonyl (C=O) groups excluding carboxylic acids is 2. The third-order valence-corrected chi connectivity index (χ3v) is 6.67. The quantitative estimate of drug-likeness (QED) is 0.347. The molecule has 0 amide bonds. The first-order chi connectivity index (χ1) is 17.8. The van der Waals surface area contributed by atoms with Gasteiger partial charge in [0.2, 0.25) is 0 Å². The van der Waals surface area contributed by atoms with Crippen LogP contribution in [0, 0.1) is 0 Å². The number of allylic oxidation sites excluding steroid dienone is 1. The normalized spacial score (nSPS) is 15.1. The number of rotatable bonds is 7. The van der Waals surface area contributed by atoms with Crippen LogP contribution in [0.1, 0.15) is 37.9 Å². The van der Waals surface area contributed by atoms with E-state index in [0.717, 1.165) is 0 Å². The van der Waals surface area contributed by atoms with Crippen LogP contribution < -0.4 is 29.1 Å². The van der Waals surface area contributed by atoms with Crippen LogP contribution in [-0.2, 0) is 14.3 Å². The molecule has 0 spiro atoms. The van der Waals surface area contributed by atoms with Crippen molar-refractivity contribution in [3.05, 3.63) is 84.5 Å². The summed E-state index contributed by atoms with van der Waals surface area (Å²) < 4.78 is 23.3. The molecule has 4 rings (SSSR count). The maximum atomic E-state index is 13.8. The van der Waals surface area contributed by atoms with Crippen molar-refractivity contribution >= 4 is 29.4 Å². The zero-order valence-corrected chi connectivity index (χ0v) is 21.9. The van der Waals surface area contributed by atoms with Gasteiger partial charge in [0.05, 0.1) is 36.6 Å². The monoisotopic (exact) mass is 522 g/mol. The maximum Gasteiger partial charge on any atom is 0.338 e. The lowest BCUT2D eigenvalue weighted by Crippen LogP contribution is -2.40. The van der Waals surface area contributed by atoms with Crippen molar-refractivity contribution in [3.8, 4) is 17.2 Å². The van der Waals surface area contributed by atoms with Crippen molar-refractivity contribution in [1.29, 1.82) is 0 Å². The molecule has 2 heterocycles. The maximum absolute atomic E-state index is 13.8. The van der Waals surface area contributed by atoms with E-state index in [2.05, 4.69) is 4.99 Å². The molecule has 3 aromatic rings. The minimum atomic E-state index is -0.783. The third-order valence-electron chi connectivity index (χ3n) is 5.69. The molecular formula is C27H26N2O7S. The molecule has 1 aromatic heterocycles. The molecule has 0 unspecified atom stereocenters. The summed E-state index contributed by atoms with van der Waals surface area (Å²) in [6.07, 6.45) is 1.70. The molecule has 0 bridgehead atoms. The summed E-state index contributed by atoms with van der Waals surface area (Å²) in [5, 5.41) is 0. The van der Waals surface area contributed by atoms with Crippen molar-refractivity contribution in [1.82, 2.24) is 4.57 Å². The van der Waals surface area contributed by atoms with Crippen LogP contribution in [0.3, 0.4) is 0 Å². The highest BCUT2D eigenvalue weighted by molar-refractivity contribution is 7.07. The zero-order valence-electron chi connectivity index (χ0n) is 21.1. The second kappa shape index (κ2) is 10.8. The number of thiazole rings is 1. The van der Waals surface area contributed by atoms with E-state index in [1.54, 1.807) is 44.2 Å². The molecule has 0 radical (unpaired) electrons. The van der Waals surface area contributed by atoms with Crippen LogP contribution >= 0.6 is 11.3 Å². The van der Waals surface area contributed by atoms with Gasteiger partial charge >= 0.3 is 11.9 Å². The highest BCUT2D eigenvalue weighted by Gasteiger charge is 2.34. The Morgan fingerprint density at radius 2 is 1.81 bits per heavy atom. The van der Waals surface area contributed by atoms with Crippen LogP contribution in [-0.4, -0.2) is 37.3 Å². The molecule has 9 nitrogen and oxygen atoms in total. The van der Waals surface area contributed by atoms with E-state index in [4.69, 9.17) is 18.9 Å². The average molecular weight is 523 g/mol. The van der Waals surface area contributed by atoms with Gasteiger partial charge in [0.25, 0.3) is 5.56 Å². The van der Waals surface area contributed by atoms with Crippen LogP contribution in [0.2, 0.25) is 0 Å². The Morgan fingerprint density at radius 1 is 1.08 bits per heavy atom. The number of hydrogen-bond acceptors (Lipinski definition) is 9. The van der Waals surface area contributed by atoms with Crippen molar-refractivity contribution in [2.75, 3.05) is 20.8 Å². The topological polar surface area (TPSA) is 105 Å². The summed E-state index contributed by atoms with van der Waals surface area (Å²) in [7, 11) is 3.00. The van der Waals surface area contributed by atoms with Gasteiger partial charge in [-0.3, -0.25) is 14.2 Å². The summed E-state index contributed by atoms with van der Waals surface area (Å²) in [6.45, 7) is 4.94. The van der Waals surface area contributed by atoms with Gasteiger partial charge in [-0.25, -0.2) is 9.79 Å². The molecule has 1 aliphatic rings. The van der Waals surface area contributed by atoms with Gasteiger partial charge in [-0.2, -0.15) is 0 Å². The first-order valence-electron chi connectivity index (χ1n) is 11.5. The van der Waals surface area contributed by atoms with Crippen LogP contribution in [0.5, 0.6) is 17.2 Å². The van der Waals surface area contributed by atoms with Gasteiger partial charge in [-0.1, -0.05) is 35.6 Å². The van der Waals surface area contributed by atoms with Crippen molar-refractivity contribution in [2.24, 2.45) is 4.99 Å². The van der Waals surface area contributed by atoms with E-state index in [9.17, 15) is 14.4 Å². The lowest BCUT2D eigenvalue weighted by atomic mass is 9.95. The van der Waals surface area contributed by atoms with Crippen molar-refractivity contribution < 1.29 is 28.5 Å². The number of esters is 2. The van der Waals surface area contributed by atoms with Crippen LogP contribution in [0.15, 0.2) is 63.5 Å². The summed E-state index contributed by atoms with van der Waals surface area (Å²) in [4.78, 5) is 43.2. The fourth-order valence-electron chi connectivity index (χ4n) is 4.14. The summed E-state index contributed by atoms with van der Waals surface area (Å²) in [5.74, 6) is 0.149. The van der Waals surface area contributed by atoms with Gasteiger partial charge in [0, 0.05) is 12.5 Å². The second-order valence-electron chi connectivity index (χ2n) is 8.05. The lowest BCUT2D eigenvalue weighted by Gasteiger charge is -2.25. The highest BCUT2D eigenvalue weighted by Crippen LogP contribution is 2.35. The molecular weight excluding hydrogens is 496 g/mol. The van der Waals surface area contributed by atoms with E-state index in [0.29, 0.717) is 37.7 Å². The zero-order chi connectivity index (χ0) is 26.7. The smallest absolute Gasteiger partial charge is 0.338 e. The molecule has 37 heavy (non-hydrogen) atoms. The molecule has 1 aliphatic heterocycles. The minimum Gasteiger partial charge on any atom is -0.496 e. The van der Waals surface area contributed by atoms with E-state index >= 15 is 0 Å². The summed E-state index contributed by atoms with van der Waals surface area (Å²) >= 11 is 1.20. The predicted molar refractivity (Wildman–Crippen MR) is 138 cm³/mol. The molecule has 0 saturated carbocycles. The number of carbonyl (C=O) groups is 2. The predicted octanol–water partition coefficient (Wildman–Crippen LogP) is 2.74. The largest absolute Gasteiger partial charge is 0.496 e. The Morgan fingerprint density at radius 3 is 2.49 bits per heavy atom. The van der Waals surface area contributed by atoms with E-state index in [-0.39, 0.29) is 23.5 Å². The number of fused-ring (bicyclic) bond motifs is 1. The van der Waals surface area contributed by atoms with Crippen molar-refractivity contribution in [3.63, 3.8) is 0 Å². The molecule has 2 aromatic carbocycles. The van der Waals surface area contributed by atoms with Gasteiger partial charge < -0.3 is 18.9 Å². The van der Waals surface area contributed by atoms with Gasteiger partial charge in [0.1, 0.15) is 11.8 Å². The first-order valence-corrected chi connectivity index (χ1v) is 12.3. The molecule has 1 atom stereocenters. The Hall–Kier alpha value is -4.18. The number of ether oxygens (including phenoxy) is 4. The highest BCUT2D eigenvalue weighted by atomic mass is 32.1. The van der Waals surface area contributed by atoms with Gasteiger partial charge in [-0.15, -0.1) is 0 Å². The summed E-state index contributed by atoms with van der Waals surface area (Å²) in [6, 6.07) is 11.4. The summed E-state index contributed by atoms with van der Waals surface area (Å²) in [5.41, 5.74) is 1.72. The minimum absolute atomic E-state index is 0.184. The molecule has 0 saturated heterocycles. The molecule has 192 valence electrons. The number of benzene rings is 2. The van der Waals surface area contributed by atoms with Crippen LogP contribution in [0.25, 0.3) is 6.08 Å². The Labute approximate surface area is 216 Å². The standard InChI is InChI=1S/C27H26N2O7S/c1-6-35-26(32)23-15(2)28-27-29(24(23)18-9-7-8-10-19(18)33-4)25(31)22(37-27)14-17-11-12-20(36-16(3)30)21(13-17)34-5/h7-14,24H,6H2,1-5H3/b22-14-/t24-/m1/s1. The molecule has 0 fully saturated rings. The molecule has 10 heteroatoms. The van der Waals surface area contributed by atoms with E-state index in [1.165, 1.54) is 37.0 Å². The number of methoxy groups -OCH3 is 2. The average Bonchev–Trinajstić information content (AvgIpc) is 3.17. The van der Waals surface area contributed by atoms with E-state index < -0.39 is 18.0 Å². The van der Waals surface area contributed by atoms with Crippen LogP contribution in [0.4, 0.5) is 0 Å². The Balaban J connectivity index is 1.92.